The predicted molar refractivity (Wildman–Crippen MR) is 419 cm³/mol. The van der Waals surface area contributed by atoms with Crippen LogP contribution >= 0.6 is 0 Å². The van der Waals surface area contributed by atoms with Gasteiger partial charge in [-0.1, -0.05) is 0 Å². The molecule has 0 aromatic carbocycles. The zero-order valence-corrected chi connectivity index (χ0v) is 73.4. The molecule has 11 rings (SSSR count). The van der Waals surface area contributed by atoms with Crippen molar-refractivity contribution < 1.29 is 272 Å². The summed E-state index contributed by atoms with van der Waals surface area (Å²) in [6, 6.07) is -9.64. The molecule has 5 amide bonds. The Morgan fingerprint density at radius 2 is 0.463 bits per heavy atom. The molecule has 11 saturated heterocycles. The number of aliphatic hydroxyl groups excluding tert-OH is 29. The van der Waals surface area contributed by atoms with Crippen LogP contribution in [0.5, 0.6) is 0 Å². The van der Waals surface area contributed by atoms with E-state index in [1.54, 1.807) is 0 Å². The van der Waals surface area contributed by atoms with E-state index in [1.165, 1.54) is 6.92 Å². The summed E-state index contributed by atoms with van der Waals surface area (Å²) in [4.78, 5) is 64.8. The topological polar surface area (TPSA) is 926 Å². The molecule has 11 aliphatic heterocycles. The third-order valence-electron chi connectivity index (χ3n) is 24.9. The highest BCUT2D eigenvalue weighted by molar-refractivity contribution is 5.75. The van der Waals surface area contributed by atoms with E-state index in [4.69, 9.17) is 99.5 Å². The number of aliphatic hydroxyl groups is 29. The number of nitrogens with one attached hydrogen (secondary N) is 5. The average molecular weight is 1990 g/mol. The monoisotopic (exact) mass is 1990 g/mol. The van der Waals surface area contributed by atoms with Gasteiger partial charge in [-0.05, 0) is 6.92 Å². The normalized spacial score (nSPS) is 49.2. The van der Waals surface area contributed by atoms with Crippen LogP contribution in [0.15, 0.2) is 0 Å². The number of rotatable bonds is 35. The second-order valence-electron chi connectivity index (χ2n) is 34.6. The third-order valence-corrected chi connectivity index (χ3v) is 24.9. The number of carbonyl (C=O) groups is 5. The van der Waals surface area contributed by atoms with Gasteiger partial charge in [-0.15, -0.1) is 0 Å². The molecule has 0 aromatic rings. The van der Waals surface area contributed by atoms with Gasteiger partial charge in [0.15, 0.2) is 69.2 Å². The lowest BCUT2D eigenvalue weighted by Gasteiger charge is -2.51. The van der Waals surface area contributed by atoms with Crippen molar-refractivity contribution >= 4 is 29.5 Å². The summed E-state index contributed by atoms with van der Waals surface area (Å²) in [5.41, 5.74) is 0. The largest absolute Gasteiger partial charge is 0.394 e. The van der Waals surface area contributed by atoms with Crippen molar-refractivity contribution in [2.45, 2.75) is 379 Å². The molecule has 0 radical (unpaired) electrons. The second kappa shape index (κ2) is 48.8. The summed E-state index contributed by atoms with van der Waals surface area (Å²) >= 11 is 0. The predicted octanol–water partition coefficient (Wildman–Crippen LogP) is -23.2. The van der Waals surface area contributed by atoms with Crippen LogP contribution in [0.1, 0.15) is 41.5 Å². The van der Waals surface area contributed by atoms with Crippen LogP contribution in [-0.2, 0) is 123 Å². The molecule has 0 unspecified atom stereocenters. The van der Waals surface area contributed by atoms with Crippen LogP contribution in [0.4, 0.5) is 0 Å². The van der Waals surface area contributed by atoms with Crippen LogP contribution in [-0.4, -0.2) is 581 Å². The molecular weight excluding hydrogens is 1860 g/mol. The summed E-state index contributed by atoms with van der Waals surface area (Å²) in [5.74, 6) is -4.76. The smallest absolute Gasteiger partial charge is 0.217 e. The van der Waals surface area contributed by atoms with Gasteiger partial charge in [0.25, 0.3) is 0 Å². The van der Waals surface area contributed by atoms with Gasteiger partial charge in [0.05, 0.1) is 72.2 Å². The van der Waals surface area contributed by atoms with Crippen molar-refractivity contribution in [2.75, 3.05) is 66.1 Å². The van der Waals surface area contributed by atoms with Crippen molar-refractivity contribution in [3.05, 3.63) is 0 Å². The van der Waals surface area contributed by atoms with E-state index >= 15 is 0 Å². The Morgan fingerprint density at radius 1 is 0.206 bits per heavy atom. The molecule has 11 fully saturated rings. The SMILES string of the molecule is CC(=O)N[C@@H]1[C@@H](O)[C@H](O[C@@H]2O[C@H](CO)[C@@H](O[C@@H]3O[C@H](CO[C@H]4O[C@H](CO[C@@H]5O[C@H](CO)[C@@H](O)[C@H](O)[C@H]5NC(C)=O)[C@@H](O)[C@H](O)[C@@H]4O[C@@H]4O[C@H](CO)[C@@H](O[C@@H]5O[C@H](CO)[C@H](O)[C@H](O)[C@H]5O)[C@H](O)[C@H]4NC(C)=O)[C@@H](O)[C@H](O[C@H]4O[C@H](CO)[C@@H](O)[C@H](O)[C@@H]4O[C@@H]4O[C@H](CO)[C@@H](O[C@@H]5O[C@H](CO)[C@H](O)[C@H](O)[C@H]5O)[C@H](O)[C@H]4NC(C)=O)[C@@H]3O)[C@H](O)[C@H]2NC(C)=O)[C@@H](CO[C@@H]2O[C@@H](C)[C@@H](O)[C@@H](O)[C@@H]2O)O[C@H]1O. The highest BCUT2D eigenvalue weighted by Crippen LogP contribution is 2.42. The molecule has 60 heteroatoms. The van der Waals surface area contributed by atoms with E-state index in [-0.39, 0.29) is 0 Å². The minimum Gasteiger partial charge on any atom is -0.394 e. The lowest BCUT2D eigenvalue weighted by atomic mass is 9.93. The number of ether oxygens (including phenoxy) is 21. The molecule has 0 aliphatic carbocycles. The maximum absolute atomic E-state index is 13.4. The minimum absolute atomic E-state index is 0.849. The van der Waals surface area contributed by atoms with E-state index < -0.39 is 433 Å². The third kappa shape index (κ3) is 24.9. The summed E-state index contributed by atoms with van der Waals surface area (Å²) in [6.07, 6.45) is -106. The summed E-state index contributed by atoms with van der Waals surface area (Å²) < 4.78 is 126. The number of carbonyl (C=O) groups excluding carboxylic acids is 5. The van der Waals surface area contributed by atoms with Crippen LogP contribution in [0.2, 0.25) is 0 Å². The fourth-order valence-electron chi connectivity index (χ4n) is 17.6. The molecule has 11 heterocycles. The Morgan fingerprint density at radius 3 is 0.875 bits per heavy atom. The Labute approximate surface area is 770 Å². The van der Waals surface area contributed by atoms with Gasteiger partial charge in [-0.2, -0.15) is 0 Å². The zero-order valence-electron chi connectivity index (χ0n) is 73.4. The lowest BCUT2D eigenvalue weighted by molar-refractivity contribution is -0.399. The molecule has 55 atom stereocenters. The van der Waals surface area contributed by atoms with Gasteiger partial charge in [-0.25, -0.2) is 0 Å². The van der Waals surface area contributed by atoms with Gasteiger partial charge in [0.1, 0.15) is 262 Å². The summed E-state index contributed by atoms with van der Waals surface area (Å²) in [6.45, 7) is -5.29. The Hall–Kier alpha value is -4.65. The van der Waals surface area contributed by atoms with Crippen molar-refractivity contribution in [3.63, 3.8) is 0 Å². The fourth-order valence-corrected chi connectivity index (χ4v) is 17.6. The first-order chi connectivity index (χ1) is 64.3. The van der Waals surface area contributed by atoms with Crippen molar-refractivity contribution in [1.29, 1.82) is 0 Å². The maximum atomic E-state index is 13.4. The van der Waals surface area contributed by atoms with Crippen molar-refractivity contribution in [3.8, 4) is 0 Å². The van der Waals surface area contributed by atoms with Gasteiger partial charge >= 0.3 is 0 Å². The van der Waals surface area contributed by atoms with Gasteiger partial charge in [0, 0.05) is 34.6 Å². The molecule has 0 saturated carbocycles. The van der Waals surface area contributed by atoms with E-state index in [9.17, 15) is 172 Å². The summed E-state index contributed by atoms with van der Waals surface area (Å²) in [7, 11) is 0. The quantitative estimate of drug-likeness (QED) is 0.0280. The maximum Gasteiger partial charge on any atom is 0.217 e. The van der Waals surface area contributed by atoms with E-state index in [0.717, 1.165) is 34.6 Å². The molecule has 0 bridgehead atoms. The van der Waals surface area contributed by atoms with Gasteiger partial charge in [-0.3, -0.25) is 24.0 Å². The first-order valence-corrected chi connectivity index (χ1v) is 43.5. The van der Waals surface area contributed by atoms with Crippen LogP contribution in [0.3, 0.4) is 0 Å². The fraction of sp³-hybridized carbons (Fsp3) is 0.934. The van der Waals surface area contributed by atoms with Crippen molar-refractivity contribution in [2.24, 2.45) is 0 Å². The number of hydrogen-bond donors (Lipinski definition) is 34. The van der Waals surface area contributed by atoms with E-state index in [2.05, 4.69) is 26.6 Å². The van der Waals surface area contributed by atoms with Crippen molar-refractivity contribution in [1.82, 2.24) is 26.6 Å². The van der Waals surface area contributed by atoms with E-state index in [0.29, 0.717) is 0 Å². The van der Waals surface area contributed by atoms with Gasteiger partial charge < -0.3 is 274 Å². The molecule has 60 nitrogen and oxygen atoms in total. The van der Waals surface area contributed by atoms with Crippen LogP contribution in [0.25, 0.3) is 0 Å². The second-order valence-corrected chi connectivity index (χ2v) is 34.6. The van der Waals surface area contributed by atoms with Gasteiger partial charge in [0.2, 0.25) is 29.5 Å². The Bertz CT molecular complexity index is 3760. The molecule has 0 aromatic heterocycles. The molecule has 136 heavy (non-hydrogen) atoms. The van der Waals surface area contributed by atoms with Crippen LogP contribution < -0.4 is 26.6 Å². The Kier molecular flexibility index (Phi) is 40.1. The highest BCUT2D eigenvalue weighted by Gasteiger charge is 2.63. The first-order valence-electron chi connectivity index (χ1n) is 43.5. The summed E-state index contributed by atoms with van der Waals surface area (Å²) in [5, 5.41) is 339. The molecular formula is C76H127N5O55. The standard InChI is InChI=1S/C76H127N5O55/c1-17-38(94)50(106)55(111)71(119-17)117-16-32-62(46(102)33(66(115)120-32)77-18(2)89)130-68-35(79-20(4)91)47(103)61(29(13-88)125-68)133-74-58(114)63(134-76-65(53(109)42(98)26(10-85)124-76)136-70-37(81-22(6)93)49(105)60(28(12-87)127-70)132-73-57(113)52(108)41(97)25(9-84)123-73)44(100)31(128-74)15-118-75-64(54(110)43(99)30(129-75)14-116-67-34(78-19(3)90)45(101)39(95)23(7-82)121-67)135-69-36(80-21(5)92)48(104)59(27(11-86)126-69)131-72-56(112)51(107)40(96)24(8-83)122-72/h17,23-76,82-88,94-115H,7-16H2,1-6H3,(H,77,89)(H,78,90)(H,79,91)(H,80,92)(H,81,93)/t17-,23+,24+,25+,26+,27+,28+,29+,30+,31+,32+,33+,34+,35+,36+,37+,38+,39+,40-,41-,42+,43+,44+,45+,46+,47+,48+,49+,50+,51-,52-,53-,54-,55-,56+,57+,58-,59+,60+,61+,62+,63-,64-,65-,66+,67+,68-,69-,70-,71+,72-,73-,74-,75-,76+/m0/s1. The molecule has 34 N–H and O–H groups in total. The average Bonchev–Trinajstić information content (AvgIpc) is 0.769. The molecule has 786 valence electrons. The Balaban J connectivity index is 0.964. The van der Waals surface area contributed by atoms with E-state index in [1.807, 2.05) is 0 Å². The number of amides is 5. The molecule has 0 spiro atoms. The first kappa shape index (κ1) is 112. The number of hydrogen-bond acceptors (Lipinski definition) is 55. The lowest BCUT2D eigenvalue weighted by Crippen LogP contribution is -2.71. The molecule has 11 aliphatic rings. The highest BCUT2D eigenvalue weighted by atomic mass is 16.8. The minimum atomic E-state index is -2.71. The van der Waals surface area contributed by atoms with Crippen LogP contribution in [0, 0.1) is 0 Å². The zero-order chi connectivity index (χ0) is 100.